The highest BCUT2D eigenvalue weighted by Gasteiger charge is 2.20. The molecule has 1 aliphatic rings. The Bertz CT molecular complexity index is 655. The van der Waals surface area contributed by atoms with Gasteiger partial charge in [-0.3, -0.25) is 0 Å². The molecule has 2 nitrogen and oxygen atoms in total. The lowest BCUT2D eigenvalue weighted by molar-refractivity contribution is 0.411. The van der Waals surface area contributed by atoms with Gasteiger partial charge in [-0.2, -0.15) is 0 Å². The van der Waals surface area contributed by atoms with Crippen molar-refractivity contribution >= 4 is 11.6 Å². The second-order valence-electron chi connectivity index (χ2n) is 5.32. The summed E-state index contributed by atoms with van der Waals surface area (Å²) in [5, 5.41) is 4.00. The van der Waals surface area contributed by atoms with Crippen LogP contribution in [0.25, 0.3) is 11.1 Å². The van der Waals surface area contributed by atoms with E-state index >= 15 is 0 Å². The van der Waals surface area contributed by atoms with Crippen molar-refractivity contribution in [3.63, 3.8) is 0 Å². The number of ether oxygens (including phenoxy) is 1. The van der Waals surface area contributed by atoms with Crippen molar-refractivity contribution in [2.75, 3.05) is 7.11 Å². The van der Waals surface area contributed by atoms with Crippen molar-refractivity contribution in [2.24, 2.45) is 0 Å². The van der Waals surface area contributed by atoms with E-state index in [0.29, 0.717) is 27.9 Å². The minimum atomic E-state index is -0.333. The first kappa shape index (κ1) is 14.4. The Hall–Kier alpha value is -1.58. The highest BCUT2D eigenvalue weighted by atomic mass is 35.5. The number of benzene rings is 2. The Morgan fingerprint density at radius 3 is 2.57 bits per heavy atom. The van der Waals surface area contributed by atoms with Gasteiger partial charge in [0.15, 0.2) is 0 Å². The Labute approximate surface area is 128 Å². The maximum atomic E-state index is 14.1. The molecule has 0 bridgehead atoms. The number of halogens is 2. The molecule has 0 aromatic heterocycles. The number of methoxy groups -OCH3 is 1. The van der Waals surface area contributed by atoms with Gasteiger partial charge in [0.2, 0.25) is 0 Å². The molecule has 21 heavy (non-hydrogen) atoms. The van der Waals surface area contributed by atoms with Crippen LogP contribution in [-0.4, -0.2) is 13.2 Å². The van der Waals surface area contributed by atoms with E-state index in [2.05, 4.69) is 5.32 Å². The van der Waals surface area contributed by atoms with Crippen LogP contribution in [0, 0.1) is 5.82 Å². The summed E-state index contributed by atoms with van der Waals surface area (Å²) in [6.45, 7) is 0.801. The zero-order chi connectivity index (χ0) is 14.8. The van der Waals surface area contributed by atoms with Crippen LogP contribution < -0.4 is 10.1 Å². The summed E-state index contributed by atoms with van der Waals surface area (Å²) in [6, 6.07) is 11.2. The maximum absolute atomic E-state index is 14.1. The van der Waals surface area contributed by atoms with Crippen molar-refractivity contribution in [1.29, 1.82) is 0 Å². The fraction of sp³-hybridized carbons (Fsp3) is 0.294. The summed E-state index contributed by atoms with van der Waals surface area (Å²) >= 11 is 6.31. The van der Waals surface area contributed by atoms with Gasteiger partial charge in [-0.25, -0.2) is 4.39 Å². The normalized spacial score (nSPS) is 14.2. The molecule has 1 aliphatic carbocycles. The predicted octanol–water partition coefficient (Wildman–Crippen LogP) is 4.41. The third-order valence-corrected chi connectivity index (χ3v) is 3.98. The molecular formula is C17H17ClFNO. The molecule has 0 spiro atoms. The van der Waals surface area contributed by atoms with Crippen LogP contribution >= 0.6 is 11.6 Å². The molecule has 110 valence electrons. The van der Waals surface area contributed by atoms with Gasteiger partial charge < -0.3 is 10.1 Å². The van der Waals surface area contributed by atoms with Crippen LogP contribution in [0.3, 0.4) is 0 Å². The molecule has 2 aromatic rings. The highest BCUT2D eigenvalue weighted by molar-refractivity contribution is 6.33. The van der Waals surface area contributed by atoms with E-state index in [-0.39, 0.29) is 5.82 Å². The van der Waals surface area contributed by atoms with Gasteiger partial charge in [0.05, 0.1) is 7.11 Å². The van der Waals surface area contributed by atoms with E-state index in [4.69, 9.17) is 16.3 Å². The van der Waals surface area contributed by atoms with Gasteiger partial charge in [0, 0.05) is 34.8 Å². The molecule has 1 saturated carbocycles. The van der Waals surface area contributed by atoms with Gasteiger partial charge >= 0.3 is 0 Å². The summed E-state index contributed by atoms with van der Waals surface area (Å²) in [6.07, 6.45) is 2.51. The van der Waals surface area contributed by atoms with Crippen LogP contribution in [-0.2, 0) is 6.54 Å². The summed E-state index contributed by atoms with van der Waals surface area (Å²) in [5.74, 6) is 0.165. The lowest BCUT2D eigenvalue weighted by atomic mass is 10.0. The SMILES string of the molecule is COc1ccc(-c2ccc(CNC3CC3)cc2Cl)c(F)c1. The molecule has 0 unspecified atom stereocenters. The number of hydrogen-bond donors (Lipinski definition) is 1. The first-order valence-electron chi connectivity index (χ1n) is 7.03. The van der Waals surface area contributed by atoms with Gasteiger partial charge in [-0.15, -0.1) is 0 Å². The third-order valence-electron chi connectivity index (χ3n) is 3.67. The molecule has 1 fully saturated rings. The molecule has 0 heterocycles. The molecule has 0 atom stereocenters. The van der Waals surface area contributed by atoms with Gasteiger partial charge in [0.25, 0.3) is 0 Å². The standard InChI is InChI=1S/C17H17ClFNO/c1-21-13-5-7-15(17(19)9-13)14-6-2-11(8-16(14)18)10-20-12-3-4-12/h2,5-9,12,20H,3-4,10H2,1H3. The number of nitrogens with one attached hydrogen (secondary N) is 1. The van der Waals surface area contributed by atoms with Crippen LogP contribution in [0.2, 0.25) is 5.02 Å². The Morgan fingerprint density at radius 2 is 1.95 bits per heavy atom. The van der Waals surface area contributed by atoms with E-state index in [1.54, 1.807) is 12.1 Å². The van der Waals surface area contributed by atoms with Crippen LogP contribution in [0.5, 0.6) is 5.75 Å². The summed E-state index contributed by atoms with van der Waals surface area (Å²) < 4.78 is 19.1. The Balaban J connectivity index is 1.84. The largest absolute Gasteiger partial charge is 0.497 e. The van der Waals surface area contributed by atoms with Crippen molar-refractivity contribution in [1.82, 2.24) is 5.32 Å². The monoisotopic (exact) mass is 305 g/mol. The van der Waals surface area contributed by atoms with Crippen LogP contribution in [0.15, 0.2) is 36.4 Å². The molecule has 0 amide bonds. The van der Waals surface area contributed by atoms with E-state index in [9.17, 15) is 4.39 Å². The second-order valence-corrected chi connectivity index (χ2v) is 5.72. The number of hydrogen-bond acceptors (Lipinski definition) is 2. The molecule has 4 heteroatoms. The van der Waals surface area contributed by atoms with Crippen LogP contribution in [0.4, 0.5) is 4.39 Å². The fourth-order valence-corrected chi connectivity index (χ4v) is 2.58. The topological polar surface area (TPSA) is 21.3 Å². The van der Waals surface area contributed by atoms with Crippen molar-refractivity contribution in [3.8, 4) is 16.9 Å². The minimum absolute atomic E-state index is 0.333. The lowest BCUT2D eigenvalue weighted by Gasteiger charge is -2.10. The average Bonchev–Trinajstić information content (AvgIpc) is 3.30. The zero-order valence-corrected chi connectivity index (χ0v) is 12.6. The fourth-order valence-electron chi connectivity index (χ4n) is 2.28. The summed E-state index contributed by atoms with van der Waals surface area (Å²) in [5.41, 5.74) is 2.30. The molecular weight excluding hydrogens is 289 g/mol. The van der Waals surface area contributed by atoms with E-state index in [1.165, 1.54) is 26.0 Å². The molecule has 3 rings (SSSR count). The van der Waals surface area contributed by atoms with Gasteiger partial charge in [0.1, 0.15) is 11.6 Å². The molecule has 2 aromatic carbocycles. The quantitative estimate of drug-likeness (QED) is 0.883. The minimum Gasteiger partial charge on any atom is -0.497 e. The van der Waals surface area contributed by atoms with E-state index < -0.39 is 0 Å². The van der Waals surface area contributed by atoms with Crippen molar-refractivity contribution in [3.05, 3.63) is 52.8 Å². The number of rotatable bonds is 5. The smallest absolute Gasteiger partial charge is 0.134 e. The average molecular weight is 306 g/mol. The highest BCUT2D eigenvalue weighted by Crippen LogP contribution is 2.32. The van der Waals surface area contributed by atoms with Crippen molar-refractivity contribution < 1.29 is 9.13 Å². The first-order chi connectivity index (χ1) is 10.2. The third kappa shape index (κ3) is 3.36. The molecule has 1 N–H and O–H groups in total. The van der Waals surface area contributed by atoms with Crippen molar-refractivity contribution in [2.45, 2.75) is 25.4 Å². The summed E-state index contributed by atoms with van der Waals surface area (Å²) in [7, 11) is 1.52. The Morgan fingerprint density at radius 1 is 1.19 bits per heavy atom. The molecule has 0 aliphatic heterocycles. The predicted molar refractivity (Wildman–Crippen MR) is 83.3 cm³/mol. The molecule has 0 saturated heterocycles. The van der Waals surface area contributed by atoms with Crippen LogP contribution in [0.1, 0.15) is 18.4 Å². The maximum Gasteiger partial charge on any atom is 0.134 e. The first-order valence-corrected chi connectivity index (χ1v) is 7.41. The van der Waals surface area contributed by atoms with Gasteiger partial charge in [-0.1, -0.05) is 23.7 Å². The lowest BCUT2D eigenvalue weighted by Crippen LogP contribution is -2.15. The second kappa shape index (κ2) is 6.04. The van der Waals surface area contributed by atoms with Gasteiger partial charge in [-0.05, 0) is 36.6 Å². The molecule has 0 radical (unpaired) electrons. The van der Waals surface area contributed by atoms with E-state index in [1.807, 2.05) is 18.2 Å². The summed E-state index contributed by atoms with van der Waals surface area (Å²) in [4.78, 5) is 0. The van der Waals surface area contributed by atoms with E-state index in [0.717, 1.165) is 12.1 Å². The Kier molecular flexibility index (Phi) is 4.13. The zero-order valence-electron chi connectivity index (χ0n) is 11.8.